The van der Waals surface area contributed by atoms with E-state index in [2.05, 4.69) is 10.3 Å². The first-order valence-corrected chi connectivity index (χ1v) is 7.07. The van der Waals surface area contributed by atoms with E-state index in [-0.39, 0.29) is 12.5 Å². The molecule has 1 aromatic heterocycles. The van der Waals surface area contributed by atoms with Gasteiger partial charge in [0.15, 0.2) is 5.82 Å². The zero-order valence-corrected chi connectivity index (χ0v) is 13.5. The molecule has 0 aliphatic rings. The van der Waals surface area contributed by atoms with E-state index in [1.165, 1.54) is 20.2 Å². The summed E-state index contributed by atoms with van der Waals surface area (Å²) in [5, 5.41) is 22.3. The van der Waals surface area contributed by atoms with Gasteiger partial charge in [-0.05, 0) is 12.8 Å². The Morgan fingerprint density at radius 1 is 1.39 bits per heavy atom. The van der Waals surface area contributed by atoms with Gasteiger partial charge in [0.2, 0.25) is 11.5 Å². The van der Waals surface area contributed by atoms with Crippen molar-refractivity contribution >= 4 is 5.91 Å². The highest BCUT2D eigenvalue weighted by Crippen LogP contribution is 2.40. The van der Waals surface area contributed by atoms with Gasteiger partial charge in [0.05, 0.1) is 12.0 Å². The number of imidazole rings is 1. The Hall–Kier alpha value is -1.61. The molecule has 0 radical (unpaired) electrons. The standard InChI is InChI=1S/C14H22F3N3O3/c1-9(2)12(3,22)8-19-10(21)7-13(23,14(15,16)17)11-18-5-6-20(11)4/h5-6,9,22-23H,7-8H2,1-4H3,(H,19,21). The molecule has 0 saturated heterocycles. The lowest BCUT2D eigenvalue weighted by Gasteiger charge is -2.31. The van der Waals surface area contributed by atoms with E-state index in [1.54, 1.807) is 13.8 Å². The van der Waals surface area contributed by atoms with E-state index in [1.807, 2.05) is 0 Å². The van der Waals surface area contributed by atoms with E-state index >= 15 is 0 Å². The maximum absolute atomic E-state index is 13.3. The number of alkyl halides is 3. The highest BCUT2D eigenvalue weighted by Gasteiger charge is 2.58. The second-order valence-corrected chi connectivity index (χ2v) is 6.19. The Morgan fingerprint density at radius 2 is 1.96 bits per heavy atom. The highest BCUT2D eigenvalue weighted by atomic mass is 19.4. The molecular formula is C14H22F3N3O3. The highest BCUT2D eigenvalue weighted by molar-refractivity contribution is 5.77. The number of aromatic nitrogens is 2. The quantitative estimate of drug-likeness (QED) is 0.725. The van der Waals surface area contributed by atoms with Crippen LogP contribution in [0.1, 0.15) is 33.0 Å². The molecule has 1 heterocycles. The van der Waals surface area contributed by atoms with Gasteiger partial charge in [-0.2, -0.15) is 13.2 Å². The van der Waals surface area contributed by atoms with Crippen molar-refractivity contribution in [3.05, 3.63) is 18.2 Å². The van der Waals surface area contributed by atoms with Crippen LogP contribution in [0.15, 0.2) is 12.4 Å². The van der Waals surface area contributed by atoms with Crippen LogP contribution in [0, 0.1) is 5.92 Å². The molecule has 2 atom stereocenters. The predicted octanol–water partition coefficient (Wildman–Crippen LogP) is 1.08. The maximum Gasteiger partial charge on any atom is 0.425 e. The molecule has 3 N–H and O–H groups in total. The average molecular weight is 337 g/mol. The van der Waals surface area contributed by atoms with Crippen molar-refractivity contribution in [1.29, 1.82) is 0 Å². The number of aryl methyl sites for hydroxylation is 1. The minimum atomic E-state index is -5.08. The van der Waals surface area contributed by atoms with Crippen molar-refractivity contribution in [2.45, 2.75) is 44.6 Å². The Balaban J connectivity index is 2.92. The number of hydrogen-bond donors (Lipinski definition) is 3. The molecule has 0 aliphatic heterocycles. The van der Waals surface area contributed by atoms with E-state index in [4.69, 9.17) is 0 Å². The Bertz CT molecular complexity index is 555. The molecule has 6 nitrogen and oxygen atoms in total. The molecular weight excluding hydrogens is 315 g/mol. The summed E-state index contributed by atoms with van der Waals surface area (Å²) in [5.74, 6) is -1.91. The van der Waals surface area contributed by atoms with Gasteiger partial charge >= 0.3 is 6.18 Å². The Morgan fingerprint density at radius 3 is 2.35 bits per heavy atom. The first kappa shape index (κ1) is 19.4. The van der Waals surface area contributed by atoms with Crippen LogP contribution in [-0.2, 0) is 17.4 Å². The smallest absolute Gasteiger partial charge is 0.388 e. The van der Waals surface area contributed by atoms with Crippen LogP contribution >= 0.6 is 0 Å². The lowest BCUT2D eigenvalue weighted by atomic mass is 9.92. The van der Waals surface area contributed by atoms with Crippen molar-refractivity contribution < 1.29 is 28.2 Å². The van der Waals surface area contributed by atoms with Crippen LogP contribution in [-0.4, -0.2) is 44.0 Å². The monoisotopic (exact) mass is 337 g/mol. The van der Waals surface area contributed by atoms with Crippen LogP contribution < -0.4 is 5.32 Å². The molecule has 0 fully saturated rings. The molecule has 132 valence electrons. The van der Waals surface area contributed by atoms with Gasteiger partial charge in [-0.15, -0.1) is 0 Å². The van der Waals surface area contributed by atoms with E-state index < -0.39 is 35.5 Å². The first-order valence-electron chi connectivity index (χ1n) is 7.07. The third-order valence-corrected chi connectivity index (χ3v) is 3.96. The number of carbonyl (C=O) groups excluding carboxylic acids is 1. The van der Waals surface area contributed by atoms with Crippen LogP contribution in [0.25, 0.3) is 0 Å². The van der Waals surface area contributed by atoms with Crippen molar-refractivity contribution in [3.8, 4) is 0 Å². The predicted molar refractivity (Wildman–Crippen MR) is 76.2 cm³/mol. The van der Waals surface area contributed by atoms with Crippen molar-refractivity contribution in [3.63, 3.8) is 0 Å². The number of carbonyl (C=O) groups is 1. The zero-order valence-electron chi connectivity index (χ0n) is 13.5. The number of amides is 1. The molecule has 0 bridgehead atoms. The topological polar surface area (TPSA) is 87.4 Å². The van der Waals surface area contributed by atoms with Crippen molar-refractivity contribution in [1.82, 2.24) is 14.9 Å². The van der Waals surface area contributed by atoms with Crippen LogP contribution in [0.5, 0.6) is 0 Å². The number of nitrogens with one attached hydrogen (secondary N) is 1. The van der Waals surface area contributed by atoms with Gasteiger partial charge in [-0.3, -0.25) is 4.79 Å². The summed E-state index contributed by atoms with van der Waals surface area (Å²) in [4.78, 5) is 15.4. The summed E-state index contributed by atoms with van der Waals surface area (Å²) < 4.78 is 40.8. The Kier molecular flexibility index (Phi) is 5.48. The van der Waals surface area contributed by atoms with Crippen molar-refractivity contribution in [2.24, 2.45) is 13.0 Å². The van der Waals surface area contributed by atoms with Crippen LogP contribution in [0.4, 0.5) is 13.2 Å². The van der Waals surface area contributed by atoms with Gasteiger partial charge in [-0.25, -0.2) is 4.98 Å². The van der Waals surface area contributed by atoms with Crippen molar-refractivity contribution in [2.75, 3.05) is 6.54 Å². The summed E-state index contributed by atoms with van der Waals surface area (Å²) in [6, 6.07) is 0. The van der Waals surface area contributed by atoms with Gasteiger partial charge in [0.25, 0.3) is 0 Å². The minimum Gasteiger partial charge on any atom is -0.388 e. The normalized spacial score (nSPS) is 17.7. The molecule has 1 aromatic rings. The number of hydrogen-bond acceptors (Lipinski definition) is 4. The molecule has 0 aliphatic carbocycles. The third kappa shape index (κ3) is 4.23. The maximum atomic E-state index is 13.3. The van der Waals surface area contributed by atoms with E-state index in [0.717, 1.165) is 10.8 Å². The van der Waals surface area contributed by atoms with Crippen LogP contribution in [0.2, 0.25) is 0 Å². The summed E-state index contributed by atoms with van der Waals surface area (Å²) in [5.41, 5.74) is -4.67. The SMILES string of the molecule is CC(C)C(C)(O)CNC(=O)CC(O)(c1nccn1C)C(F)(F)F. The molecule has 1 rings (SSSR count). The lowest BCUT2D eigenvalue weighted by Crippen LogP contribution is -2.50. The number of nitrogens with zero attached hydrogens (tertiary/aromatic N) is 2. The van der Waals surface area contributed by atoms with Gasteiger partial charge in [-0.1, -0.05) is 13.8 Å². The van der Waals surface area contributed by atoms with E-state index in [9.17, 15) is 28.2 Å². The summed E-state index contributed by atoms with van der Waals surface area (Å²) >= 11 is 0. The second-order valence-electron chi connectivity index (χ2n) is 6.19. The molecule has 23 heavy (non-hydrogen) atoms. The number of halogens is 3. The average Bonchev–Trinajstić information content (AvgIpc) is 2.81. The van der Waals surface area contributed by atoms with Crippen LogP contribution in [0.3, 0.4) is 0 Å². The number of rotatable bonds is 6. The fourth-order valence-electron chi connectivity index (χ4n) is 1.85. The molecule has 1 amide bonds. The largest absolute Gasteiger partial charge is 0.425 e. The summed E-state index contributed by atoms with van der Waals surface area (Å²) in [6.45, 7) is 4.67. The van der Waals surface area contributed by atoms with Gasteiger partial charge < -0.3 is 20.1 Å². The number of aliphatic hydroxyl groups is 2. The molecule has 0 aromatic carbocycles. The van der Waals surface area contributed by atoms with E-state index in [0.29, 0.717) is 0 Å². The fraction of sp³-hybridized carbons (Fsp3) is 0.714. The summed E-state index contributed by atoms with van der Waals surface area (Å²) in [6.07, 6.45) is -3.97. The first-order chi connectivity index (χ1) is 10.3. The second kappa shape index (κ2) is 6.48. The Labute approximate surface area is 132 Å². The summed E-state index contributed by atoms with van der Waals surface area (Å²) in [7, 11) is 1.29. The lowest BCUT2D eigenvalue weighted by molar-refractivity contribution is -0.271. The minimum absolute atomic E-state index is 0.209. The molecule has 0 saturated carbocycles. The fourth-order valence-corrected chi connectivity index (χ4v) is 1.85. The zero-order chi connectivity index (χ0) is 18.1. The molecule has 2 unspecified atom stereocenters. The molecule has 9 heteroatoms. The van der Waals surface area contributed by atoms with Gasteiger partial charge in [0.1, 0.15) is 0 Å². The molecule has 0 spiro atoms. The van der Waals surface area contributed by atoms with Gasteiger partial charge in [0, 0.05) is 26.0 Å². The third-order valence-electron chi connectivity index (χ3n) is 3.96.